The van der Waals surface area contributed by atoms with E-state index >= 15 is 0 Å². The summed E-state index contributed by atoms with van der Waals surface area (Å²) in [4.78, 5) is 21.4. The molecule has 26 heavy (non-hydrogen) atoms. The molecule has 0 radical (unpaired) electrons. The summed E-state index contributed by atoms with van der Waals surface area (Å²) in [5, 5.41) is 8.78. The van der Waals surface area contributed by atoms with Gasteiger partial charge in [-0.05, 0) is 62.0 Å². The van der Waals surface area contributed by atoms with Crippen molar-refractivity contribution in [2.45, 2.75) is 63.6 Å². The lowest BCUT2D eigenvalue weighted by atomic mass is 9.67. The van der Waals surface area contributed by atoms with Gasteiger partial charge >= 0.3 is 0 Å². The van der Waals surface area contributed by atoms with Crippen molar-refractivity contribution >= 4 is 5.91 Å². The van der Waals surface area contributed by atoms with Crippen LogP contribution in [0.1, 0.15) is 60.1 Å². The Balaban J connectivity index is 1.18. The van der Waals surface area contributed by atoms with Crippen molar-refractivity contribution in [1.29, 1.82) is 0 Å². The minimum Gasteiger partial charge on any atom is -0.299 e. The van der Waals surface area contributed by atoms with E-state index in [2.05, 4.69) is 14.8 Å². The predicted octanol–water partition coefficient (Wildman–Crippen LogP) is 1.97. The second kappa shape index (κ2) is 6.29. The first kappa shape index (κ1) is 16.7. The number of pyridine rings is 1. The average molecular weight is 356 g/mol. The van der Waals surface area contributed by atoms with E-state index in [-0.39, 0.29) is 0 Å². The molecule has 0 bridgehead atoms. The fourth-order valence-electron chi connectivity index (χ4n) is 5.34. The van der Waals surface area contributed by atoms with Gasteiger partial charge in [0.05, 0.1) is 11.3 Å². The fourth-order valence-corrected chi connectivity index (χ4v) is 5.34. The molecular formula is C20H28N4O2. The largest absolute Gasteiger partial charge is 0.299 e. The maximum absolute atomic E-state index is 11.6. The van der Waals surface area contributed by atoms with E-state index in [9.17, 15) is 4.79 Å². The number of hydroxylamine groups is 1. The molecule has 5 rings (SSSR count). The molecule has 6 nitrogen and oxygen atoms in total. The number of fused-ring (bicyclic) bond motifs is 1. The molecule has 2 aliphatic heterocycles. The lowest BCUT2D eigenvalue weighted by Gasteiger charge is -2.55. The number of aromatic nitrogens is 1. The molecule has 4 aliphatic rings. The quantitative estimate of drug-likeness (QED) is 0.640. The lowest BCUT2D eigenvalue weighted by Crippen LogP contribution is -2.59. The maximum atomic E-state index is 11.6. The van der Waals surface area contributed by atoms with Gasteiger partial charge in [-0.25, -0.2) is 5.48 Å². The highest BCUT2D eigenvalue weighted by atomic mass is 16.5. The normalized spacial score (nSPS) is 26.3. The van der Waals surface area contributed by atoms with E-state index < -0.39 is 5.91 Å². The van der Waals surface area contributed by atoms with Crippen molar-refractivity contribution < 1.29 is 10.0 Å². The van der Waals surface area contributed by atoms with Crippen LogP contribution in [0.15, 0.2) is 12.3 Å². The van der Waals surface area contributed by atoms with Gasteiger partial charge in [0.1, 0.15) is 0 Å². The number of hydrogen-bond donors (Lipinski definition) is 2. The molecule has 3 heterocycles. The Morgan fingerprint density at radius 3 is 2.58 bits per heavy atom. The monoisotopic (exact) mass is 356 g/mol. The van der Waals surface area contributed by atoms with E-state index in [0.29, 0.717) is 17.0 Å². The molecule has 2 N–H and O–H groups in total. The third-order valence-electron chi connectivity index (χ3n) is 7.12. The second-order valence-electron chi connectivity index (χ2n) is 8.86. The third-order valence-corrected chi connectivity index (χ3v) is 7.12. The van der Waals surface area contributed by atoms with E-state index in [1.807, 2.05) is 6.07 Å². The lowest BCUT2D eigenvalue weighted by molar-refractivity contribution is -0.0514. The molecular weight excluding hydrogens is 328 g/mol. The number of carbonyl (C=O) groups is 1. The first-order valence-electron chi connectivity index (χ1n) is 10.1. The topological polar surface area (TPSA) is 68.7 Å². The summed E-state index contributed by atoms with van der Waals surface area (Å²) in [6.07, 6.45) is 10.8. The zero-order valence-corrected chi connectivity index (χ0v) is 15.3. The Hall–Kier alpha value is -1.50. The first-order chi connectivity index (χ1) is 12.7. The number of nitrogens with one attached hydrogen (secondary N) is 1. The minimum absolute atomic E-state index is 0.435. The summed E-state index contributed by atoms with van der Waals surface area (Å²) in [6.45, 7) is 4.64. The van der Waals surface area contributed by atoms with Crippen LogP contribution < -0.4 is 5.48 Å². The van der Waals surface area contributed by atoms with Crippen molar-refractivity contribution in [3.63, 3.8) is 0 Å². The molecule has 3 fully saturated rings. The van der Waals surface area contributed by atoms with Gasteiger partial charge in [0.15, 0.2) is 0 Å². The highest BCUT2D eigenvalue weighted by Gasteiger charge is 2.49. The Labute approximate surface area is 154 Å². The molecule has 0 aromatic carbocycles. The Kier molecular flexibility index (Phi) is 4.03. The summed E-state index contributed by atoms with van der Waals surface area (Å²) < 4.78 is 0. The second-order valence-corrected chi connectivity index (χ2v) is 8.86. The summed E-state index contributed by atoms with van der Waals surface area (Å²) in [5.74, 6) is -0.485. The molecule has 2 saturated carbocycles. The van der Waals surface area contributed by atoms with Crippen molar-refractivity contribution in [3.05, 3.63) is 29.1 Å². The van der Waals surface area contributed by atoms with Crippen LogP contribution in [0.3, 0.4) is 0 Å². The van der Waals surface area contributed by atoms with E-state index in [4.69, 9.17) is 5.21 Å². The van der Waals surface area contributed by atoms with Crippen molar-refractivity contribution in [2.75, 3.05) is 19.6 Å². The fraction of sp³-hybridized carbons (Fsp3) is 0.700. The summed E-state index contributed by atoms with van der Waals surface area (Å²) >= 11 is 0. The minimum atomic E-state index is -0.485. The molecule has 140 valence electrons. The maximum Gasteiger partial charge on any atom is 0.276 e. The number of rotatable bonds is 3. The average Bonchev–Trinajstić information content (AvgIpc) is 3.49. The highest BCUT2D eigenvalue weighted by molar-refractivity contribution is 5.93. The van der Waals surface area contributed by atoms with Crippen LogP contribution >= 0.6 is 0 Å². The van der Waals surface area contributed by atoms with Gasteiger partial charge in [-0.3, -0.25) is 24.8 Å². The van der Waals surface area contributed by atoms with E-state index in [1.165, 1.54) is 51.6 Å². The Morgan fingerprint density at radius 1 is 1.15 bits per heavy atom. The van der Waals surface area contributed by atoms with Gasteiger partial charge in [-0.2, -0.15) is 0 Å². The standard InChI is InChI=1S/C20H28N4O2/c25-19(22-26)15-9-14-5-8-23(11-18(14)21-10-15)17-3-6-20(7-4-17)12-24(13-20)16-1-2-16/h9-10,16-17,26H,1-8,11-13H2,(H,22,25). The number of amides is 1. The van der Waals surface area contributed by atoms with Crippen LogP contribution in [-0.2, 0) is 13.0 Å². The van der Waals surface area contributed by atoms with Crippen molar-refractivity contribution in [1.82, 2.24) is 20.3 Å². The molecule has 1 aromatic rings. The number of nitrogens with zero attached hydrogens (tertiary/aromatic N) is 3. The molecule has 1 spiro atoms. The van der Waals surface area contributed by atoms with Crippen LogP contribution in [0, 0.1) is 5.41 Å². The van der Waals surface area contributed by atoms with Gasteiger partial charge in [0, 0.05) is 44.5 Å². The van der Waals surface area contributed by atoms with Crippen molar-refractivity contribution in [3.8, 4) is 0 Å². The van der Waals surface area contributed by atoms with Gasteiger partial charge in [-0.15, -0.1) is 0 Å². The smallest absolute Gasteiger partial charge is 0.276 e. The Bertz CT molecular complexity index is 702. The van der Waals surface area contributed by atoms with E-state index in [1.54, 1.807) is 11.7 Å². The van der Waals surface area contributed by atoms with E-state index in [0.717, 1.165) is 36.8 Å². The Morgan fingerprint density at radius 2 is 1.88 bits per heavy atom. The molecule has 6 heteroatoms. The van der Waals surface area contributed by atoms with Gasteiger partial charge < -0.3 is 0 Å². The third kappa shape index (κ3) is 2.94. The van der Waals surface area contributed by atoms with Crippen LogP contribution in [0.25, 0.3) is 0 Å². The van der Waals surface area contributed by atoms with Gasteiger partial charge in [0.2, 0.25) is 0 Å². The van der Waals surface area contributed by atoms with Crippen LogP contribution in [0.2, 0.25) is 0 Å². The number of carbonyl (C=O) groups excluding carboxylic acids is 1. The molecule has 0 unspecified atom stereocenters. The SMILES string of the molecule is O=C(NO)c1cnc2c(c1)CCN(C1CCC3(CC1)CN(C1CC1)C3)C2. The number of likely N-dealkylation sites (tertiary alicyclic amines) is 1. The molecule has 0 atom stereocenters. The summed E-state index contributed by atoms with van der Waals surface area (Å²) in [7, 11) is 0. The zero-order chi connectivity index (χ0) is 17.7. The van der Waals surface area contributed by atoms with Gasteiger partial charge in [0.25, 0.3) is 5.91 Å². The number of hydrogen-bond acceptors (Lipinski definition) is 5. The van der Waals surface area contributed by atoms with Crippen LogP contribution in [-0.4, -0.2) is 57.6 Å². The molecule has 1 saturated heterocycles. The zero-order valence-electron chi connectivity index (χ0n) is 15.3. The first-order valence-corrected chi connectivity index (χ1v) is 10.1. The predicted molar refractivity (Wildman–Crippen MR) is 96.9 cm³/mol. The van der Waals surface area contributed by atoms with Crippen molar-refractivity contribution in [2.24, 2.45) is 5.41 Å². The summed E-state index contributed by atoms with van der Waals surface area (Å²) in [5.41, 5.74) is 5.00. The highest BCUT2D eigenvalue weighted by Crippen LogP contribution is 2.48. The van der Waals surface area contributed by atoms with Crippen LogP contribution in [0.5, 0.6) is 0 Å². The van der Waals surface area contributed by atoms with Crippen LogP contribution in [0.4, 0.5) is 0 Å². The molecule has 1 amide bonds. The summed E-state index contributed by atoms with van der Waals surface area (Å²) in [6, 6.07) is 3.49. The molecule has 1 aromatic heterocycles. The van der Waals surface area contributed by atoms with Gasteiger partial charge in [-0.1, -0.05) is 0 Å². The molecule has 2 aliphatic carbocycles.